The van der Waals surface area contributed by atoms with Crippen LogP contribution in [0, 0.1) is 5.92 Å². The predicted molar refractivity (Wildman–Crippen MR) is 86.2 cm³/mol. The van der Waals surface area contributed by atoms with E-state index in [-0.39, 0.29) is 11.3 Å². The van der Waals surface area contributed by atoms with Crippen LogP contribution in [-0.2, 0) is 6.18 Å². The summed E-state index contributed by atoms with van der Waals surface area (Å²) in [5, 5.41) is 2.31. The number of hydrogen-bond acceptors (Lipinski definition) is 2. The summed E-state index contributed by atoms with van der Waals surface area (Å²) < 4.78 is 44.4. The van der Waals surface area contributed by atoms with E-state index in [2.05, 4.69) is 5.32 Å². The van der Waals surface area contributed by atoms with E-state index >= 15 is 0 Å². The van der Waals surface area contributed by atoms with Gasteiger partial charge in [-0.05, 0) is 36.2 Å². The summed E-state index contributed by atoms with van der Waals surface area (Å²) in [6.45, 7) is 4.47. The highest BCUT2D eigenvalue weighted by molar-refractivity contribution is 6.04. The van der Waals surface area contributed by atoms with Crippen molar-refractivity contribution in [2.24, 2.45) is 5.92 Å². The van der Waals surface area contributed by atoms with Crippen molar-refractivity contribution in [1.29, 1.82) is 0 Å². The third-order valence-corrected chi connectivity index (χ3v) is 3.16. The zero-order valence-electron chi connectivity index (χ0n) is 13.4. The lowest BCUT2D eigenvalue weighted by molar-refractivity contribution is -0.136. The molecular formula is C18H18F3NO2. The number of anilines is 1. The maximum atomic E-state index is 13.0. The number of nitrogens with one attached hydrogen (secondary N) is 1. The van der Waals surface area contributed by atoms with Crippen molar-refractivity contribution < 1.29 is 22.7 Å². The van der Waals surface area contributed by atoms with Gasteiger partial charge in [0.25, 0.3) is 5.91 Å². The van der Waals surface area contributed by atoms with Crippen LogP contribution in [0.4, 0.5) is 18.9 Å². The van der Waals surface area contributed by atoms with Gasteiger partial charge >= 0.3 is 6.18 Å². The molecule has 0 atom stereocenters. The molecule has 0 fully saturated rings. The number of halogens is 3. The zero-order valence-corrected chi connectivity index (χ0v) is 13.4. The number of hydrogen-bond donors (Lipinski definition) is 1. The van der Waals surface area contributed by atoms with Crippen molar-refractivity contribution in [2.45, 2.75) is 20.0 Å². The molecular weight excluding hydrogens is 319 g/mol. The second-order valence-electron chi connectivity index (χ2n) is 5.73. The molecule has 0 radical (unpaired) electrons. The average Bonchev–Trinajstić information content (AvgIpc) is 2.52. The van der Waals surface area contributed by atoms with Crippen molar-refractivity contribution in [3.63, 3.8) is 0 Å². The van der Waals surface area contributed by atoms with Gasteiger partial charge in [-0.1, -0.05) is 32.0 Å². The molecule has 0 aliphatic carbocycles. The van der Waals surface area contributed by atoms with Crippen molar-refractivity contribution in [3.8, 4) is 5.75 Å². The summed E-state index contributed by atoms with van der Waals surface area (Å²) in [5.41, 5.74) is -0.928. The van der Waals surface area contributed by atoms with Crippen LogP contribution in [0.15, 0.2) is 48.5 Å². The van der Waals surface area contributed by atoms with Gasteiger partial charge in [-0.15, -0.1) is 0 Å². The second-order valence-corrected chi connectivity index (χ2v) is 5.73. The smallest absolute Gasteiger partial charge is 0.418 e. The third kappa shape index (κ3) is 4.75. The summed E-state index contributed by atoms with van der Waals surface area (Å²) in [6.07, 6.45) is -4.54. The molecule has 0 aliphatic heterocycles. The second kappa shape index (κ2) is 7.38. The zero-order chi connectivity index (χ0) is 17.7. The van der Waals surface area contributed by atoms with Crippen LogP contribution in [0.5, 0.6) is 5.75 Å². The summed E-state index contributed by atoms with van der Waals surface area (Å²) in [5.74, 6) is 0.197. The van der Waals surface area contributed by atoms with E-state index in [9.17, 15) is 18.0 Å². The van der Waals surface area contributed by atoms with Gasteiger partial charge < -0.3 is 10.1 Å². The summed E-state index contributed by atoms with van der Waals surface area (Å²) in [6, 6.07) is 11.2. The van der Waals surface area contributed by atoms with Gasteiger partial charge in [0.1, 0.15) is 5.75 Å². The molecule has 3 nitrogen and oxygen atoms in total. The Hall–Kier alpha value is -2.50. The largest absolute Gasteiger partial charge is 0.493 e. The molecule has 2 aromatic rings. The highest BCUT2D eigenvalue weighted by Gasteiger charge is 2.33. The van der Waals surface area contributed by atoms with E-state index in [0.717, 1.165) is 6.07 Å². The molecule has 0 bridgehead atoms. The Bertz CT molecular complexity index is 711. The van der Waals surface area contributed by atoms with Gasteiger partial charge in [-0.25, -0.2) is 0 Å². The van der Waals surface area contributed by atoms with Crippen LogP contribution in [0.3, 0.4) is 0 Å². The Morgan fingerprint density at radius 2 is 1.83 bits per heavy atom. The van der Waals surface area contributed by atoms with Crippen molar-refractivity contribution >= 4 is 11.6 Å². The van der Waals surface area contributed by atoms with Crippen LogP contribution >= 0.6 is 0 Å². The first-order valence-corrected chi connectivity index (χ1v) is 7.48. The lowest BCUT2D eigenvalue weighted by Gasteiger charge is -2.14. The molecule has 0 heterocycles. The fourth-order valence-corrected chi connectivity index (χ4v) is 2.02. The number of amides is 1. The van der Waals surface area contributed by atoms with Gasteiger partial charge in [-0.3, -0.25) is 4.79 Å². The molecule has 1 N–H and O–H groups in total. The summed E-state index contributed by atoms with van der Waals surface area (Å²) >= 11 is 0. The number of para-hydroxylation sites is 1. The van der Waals surface area contributed by atoms with Crippen LogP contribution in [-0.4, -0.2) is 12.5 Å². The molecule has 0 saturated carbocycles. The molecule has 0 aliphatic rings. The minimum Gasteiger partial charge on any atom is -0.493 e. The molecule has 24 heavy (non-hydrogen) atoms. The quantitative estimate of drug-likeness (QED) is 0.834. The Labute approximate surface area is 138 Å². The van der Waals surface area contributed by atoms with Crippen LogP contribution in [0.2, 0.25) is 0 Å². The Kier molecular flexibility index (Phi) is 5.49. The average molecular weight is 337 g/mol. The minimum absolute atomic E-state index is 0.230. The van der Waals surface area contributed by atoms with Gasteiger partial charge in [-0.2, -0.15) is 13.2 Å². The number of carbonyl (C=O) groups is 1. The highest BCUT2D eigenvalue weighted by Crippen LogP contribution is 2.34. The number of carbonyl (C=O) groups excluding carboxylic acids is 1. The fourth-order valence-electron chi connectivity index (χ4n) is 2.02. The molecule has 2 aromatic carbocycles. The van der Waals surface area contributed by atoms with E-state index in [0.29, 0.717) is 18.3 Å². The SMILES string of the molecule is CC(C)COc1cccc(C(=O)Nc2ccccc2C(F)(F)F)c1. The van der Waals surface area contributed by atoms with Gasteiger partial charge in [0, 0.05) is 5.56 Å². The number of alkyl halides is 3. The molecule has 0 aromatic heterocycles. The van der Waals surface area contributed by atoms with Crippen molar-refractivity contribution in [3.05, 3.63) is 59.7 Å². The molecule has 128 valence electrons. The fraction of sp³-hybridized carbons (Fsp3) is 0.278. The van der Waals surface area contributed by atoms with E-state index in [1.807, 2.05) is 13.8 Å². The molecule has 1 amide bonds. The van der Waals surface area contributed by atoms with Crippen LogP contribution in [0.25, 0.3) is 0 Å². The van der Waals surface area contributed by atoms with E-state index < -0.39 is 17.6 Å². The van der Waals surface area contributed by atoms with E-state index in [1.54, 1.807) is 12.1 Å². The van der Waals surface area contributed by atoms with Gasteiger partial charge in [0.15, 0.2) is 0 Å². The lowest BCUT2D eigenvalue weighted by Crippen LogP contribution is -2.16. The lowest BCUT2D eigenvalue weighted by atomic mass is 10.1. The third-order valence-electron chi connectivity index (χ3n) is 3.16. The maximum Gasteiger partial charge on any atom is 0.418 e. The molecule has 0 unspecified atom stereocenters. The van der Waals surface area contributed by atoms with E-state index in [4.69, 9.17) is 4.74 Å². The van der Waals surface area contributed by atoms with Crippen LogP contribution < -0.4 is 10.1 Å². The minimum atomic E-state index is -4.54. The van der Waals surface area contributed by atoms with Crippen LogP contribution in [0.1, 0.15) is 29.8 Å². The number of ether oxygens (including phenoxy) is 1. The molecule has 0 saturated heterocycles. The van der Waals surface area contributed by atoms with Gasteiger partial charge in [0.05, 0.1) is 17.9 Å². The number of benzene rings is 2. The monoisotopic (exact) mass is 337 g/mol. The summed E-state index contributed by atoms with van der Waals surface area (Å²) in [7, 11) is 0. The Balaban J connectivity index is 2.18. The standard InChI is InChI=1S/C18H18F3NO2/c1-12(2)11-24-14-7-5-6-13(10-14)17(23)22-16-9-4-3-8-15(16)18(19,20)21/h3-10,12H,11H2,1-2H3,(H,22,23). The molecule has 6 heteroatoms. The summed E-state index contributed by atoms with van der Waals surface area (Å²) in [4.78, 5) is 12.2. The van der Waals surface area contributed by atoms with Crippen molar-refractivity contribution in [2.75, 3.05) is 11.9 Å². The van der Waals surface area contributed by atoms with Gasteiger partial charge in [0.2, 0.25) is 0 Å². The highest BCUT2D eigenvalue weighted by atomic mass is 19.4. The first-order chi connectivity index (χ1) is 11.3. The first-order valence-electron chi connectivity index (χ1n) is 7.48. The molecule has 2 rings (SSSR count). The Morgan fingerprint density at radius 1 is 1.12 bits per heavy atom. The predicted octanol–water partition coefficient (Wildman–Crippen LogP) is 4.99. The van der Waals surface area contributed by atoms with Crippen molar-refractivity contribution in [1.82, 2.24) is 0 Å². The first kappa shape index (κ1) is 17.8. The molecule has 0 spiro atoms. The number of rotatable bonds is 5. The Morgan fingerprint density at radius 3 is 2.50 bits per heavy atom. The van der Waals surface area contributed by atoms with E-state index in [1.165, 1.54) is 30.3 Å². The topological polar surface area (TPSA) is 38.3 Å². The normalized spacial score (nSPS) is 11.4. The maximum absolute atomic E-state index is 13.0.